The van der Waals surface area contributed by atoms with E-state index in [0.29, 0.717) is 0 Å². The van der Waals surface area contributed by atoms with Crippen LogP contribution in [0.3, 0.4) is 0 Å². The summed E-state index contributed by atoms with van der Waals surface area (Å²) < 4.78 is 7.07. The zero-order valence-corrected chi connectivity index (χ0v) is 4.00. The standard InChI is InChI=1S/C4H11N/c1-4(2)5-3/h4-5H,1-3H3/i4D. The van der Waals surface area contributed by atoms with Crippen LogP contribution in [-0.4, -0.2) is 13.1 Å². The van der Waals surface area contributed by atoms with Crippen molar-refractivity contribution in [2.75, 3.05) is 7.05 Å². The minimum Gasteiger partial charge on any atom is -0.318 e. The van der Waals surface area contributed by atoms with Crippen molar-refractivity contribution in [1.82, 2.24) is 5.32 Å². The van der Waals surface area contributed by atoms with Crippen molar-refractivity contribution in [3.05, 3.63) is 0 Å². The maximum absolute atomic E-state index is 7.07. The lowest BCUT2D eigenvalue weighted by atomic mass is 10.4. The number of rotatable bonds is 1. The van der Waals surface area contributed by atoms with E-state index in [1.54, 1.807) is 20.9 Å². The van der Waals surface area contributed by atoms with Gasteiger partial charge in [0.15, 0.2) is 0 Å². The SMILES string of the molecule is [2H]C(C)(C)NC. The molecule has 0 heterocycles. The Balaban J connectivity index is 3.17. The summed E-state index contributed by atoms with van der Waals surface area (Å²) in [5, 5.41) is 2.77. The zero-order valence-electron chi connectivity index (χ0n) is 5.00. The number of nitrogens with one attached hydrogen (secondary N) is 1. The van der Waals surface area contributed by atoms with Crippen molar-refractivity contribution in [1.29, 1.82) is 0 Å². The molecule has 0 aromatic rings. The highest BCUT2D eigenvalue weighted by Crippen LogP contribution is 1.66. The minimum absolute atomic E-state index is 0.458. The second-order valence-corrected chi connectivity index (χ2v) is 1.25. The fourth-order valence-electron chi connectivity index (χ4n) is 0. The molecule has 0 aromatic heterocycles. The predicted molar refractivity (Wildman–Crippen MR) is 24.2 cm³/mol. The summed E-state index contributed by atoms with van der Waals surface area (Å²) in [5.41, 5.74) is 0. The van der Waals surface area contributed by atoms with Crippen molar-refractivity contribution < 1.29 is 1.37 Å². The second-order valence-electron chi connectivity index (χ2n) is 1.25. The van der Waals surface area contributed by atoms with Gasteiger partial charge in [0.25, 0.3) is 0 Å². The lowest BCUT2D eigenvalue weighted by Crippen LogP contribution is -2.15. The van der Waals surface area contributed by atoms with Gasteiger partial charge in [-0.05, 0) is 7.05 Å². The van der Waals surface area contributed by atoms with Crippen molar-refractivity contribution in [3.8, 4) is 0 Å². The number of hydrogen-bond donors (Lipinski definition) is 1. The Hall–Kier alpha value is -0.0400. The molecule has 0 aromatic carbocycles. The molecule has 0 radical (unpaired) electrons. The quantitative estimate of drug-likeness (QED) is 0.480. The third-order valence-corrected chi connectivity index (χ3v) is 0.500. The molecule has 1 heteroatoms. The molecule has 0 saturated heterocycles. The third kappa shape index (κ3) is 3.96. The molecule has 1 N–H and O–H groups in total. The average Bonchev–Trinajstić information content (AvgIpc) is 1.35. The van der Waals surface area contributed by atoms with E-state index in [2.05, 4.69) is 5.32 Å². The Morgan fingerprint density at radius 3 is 2.00 bits per heavy atom. The molecule has 0 spiro atoms. The van der Waals surface area contributed by atoms with Gasteiger partial charge in [-0.15, -0.1) is 0 Å². The summed E-state index contributed by atoms with van der Waals surface area (Å²) in [4.78, 5) is 0. The van der Waals surface area contributed by atoms with E-state index >= 15 is 0 Å². The number of hydrogen-bond acceptors (Lipinski definition) is 1. The first kappa shape index (κ1) is 3.16. The van der Waals surface area contributed by atoms with E-state index in [1.807, 2.05) is 0 Å². The first-order valence-corrected chi connectivity index (χ1v) is 1.75. The highest BCUT2D eigenvalue weighted by atomic mass is 14.8. The van der Waals surface area contributed by atoms with Crippen LogP contribution in [0.25, 0.3) is 0 Å². The Morgan fingerprint density at radius 1 is 1.80 bits per heavy atom. The van der Waals surface area contributed by atoms with Crippen LogP contribution in [0.5, 0.6) is 0 Å². The normalized spacial score (nSPS) is 14.6. The molecule has 32 valence electrons. The first-order chi connectivity index (χ1) is 2.56. The molecule has 5 heavy (non-hydrogen) atoms. The van der Waals surface area contributed by atoms with E-state index < -0.39 is 6.02 Å². The molecule has 0 unspecified atom stereocenters. The zero-order chi connectivity index (χ0) is 5.21. The molecule has 0 saturated carbocycles. The maximum Gasteiger partial charge on any atom is 0.0459 e. The van der Waals surface area contributed by atoms with Gasteiger partial charge < -0.3 is 5.32 Å². The Kier molecular flexibility index (Phi) is 1.40. The van der Waals surface area contributed by atoms with Crippen molar-refractivity contribution in [3.63, 3.8) is 0 Å². The van der Waals surface area contributed by atoms with E-state index in [-0.39, 0.29) is 0 Å². The van der Waals surface area contributed by atoms with Crippen LogP contribution in [-0.2, 0) is 0 Å². The second kappa shape index (κ2) is 2.21. The summed E-state index contributed by atoms with van der Waals surface area (Å²) in [6.07, 6.45) is 0. The van der Waals surface area contributed by atoms with Crippen LogP contribution >= 0.6 is 0 Å². The molecular weight excluding hydrogens is 62.1 g/mol. The smallest absolute Gasteiger partial charge is 0.0459 e. The largest absolute Gasteiger partial charge is 0.318 e. The topological polar surface area (TPSA) is 12.0 Å². The van der Waals surface area contributed by atoms with E-state index in [1.165, 1.54) is 0 Å². The van der Waals surface area contributed by atoms with Crippen LogP contribution in [0.2, 0.25) is 0 Å². The molecule has 0 rings (SSSR count). The van der Waals surface area contributed by atoms with Gasteiger partial charge in [-0.25, -0.2) is 0 Å². The molecule has 0 aliphatic heterocycles. The lowest BCUT2D eigenvalue weighted by Gasteiger charge is -1.95. The lowest BCUT2D eigenvalue weighted by molar-refractivity contribution is 0.668. The van der Waals surface area contributed by atoms with Gasteiger partial charge >= 0.3 is 0 Å². The van der Waals surface area contributed by atoms with E-state index in [4.69, 9.17) is 1.37 Å². The van der Waals surface area contributed by atoms with Crippen molar-refractivity contribution in [2.24, 2.45) is 0 Å². The Bertz CT molecular complexity index is 37.3. The molecule has 0 fully saturated rings. The van der Waals surface area contributed by atoms with Crippen LogP contribution in [0.1, 0.15) is 15.2 Å². The van der Waals surface area contributed by atoms with Gasteiger partial charge in [0.2, 0.25) is 0 Å². The Labute approximate surface area is 34.8 Å². The van der Waals surface area contributed by atoms with E-state index in [0.717, 1.165) is 0 Å². The van der Waals surface area contributed by atoms with Gasteiger partial charge in [0.05, 0.1) is 0 Å². The fourth-order valence-corrected chi connectivity index (χ4v) is 0. The van der Waals surface area contributed by atoms with Crippen molar-refractivity contribution >= 4 is 0 Å². The molecule has 0 aliphatic carbocycles. The maximum atomic E-state index is 7.07. The highest BCUT2D eigenvalue weighted by molar-refractivity contribution is 4.40. The summed E-state index contributed by atoms with van der Waals surface area (Å²) in [5.74, 6) is 0. The van der Waals surface area contributed by atoms with Gasteiger partial charge in [-0.2, -0.15) is 0 Å². The first-order valence-electron chi connectivity index (χ1n) is 2.25. The molecule has 0 atom stereocenters. The molecule has 0 amide bonds. The summed E-state index contributed by atoms with van der Waals surface area (Å²) >= 11 is 0. The van der Waals surface area contributed by atoms with Crippen molar-refractivity contribution in [2.45, 2.75) is 19.9 Å². The summed E-state index contributed by atoms with van der Waals surface area (Å²) in [6.45, 7) is 3.60. The molecule has 1 nitrogen and oxygen atoms in total. The van der Waals surface area contributed by atoms with E-state index in [9.17, 15) is 0 Å². The van der Waals surface area contributed by atoms with Crippen LogP contribution in [0.15, 0.2) is 0 Å². The molecular formula is C4H11N. The van der Waals surface area contributed by atoms with Crippen LogP contribution < -0.4 is 5.32 Å². The summed E-state index contributed by atoms with van der Waals surface area (Å²) in [7, 11) is 1.77. The van der Waals surface area contributed by atoms with Gasteiger partial charge in [0.1, 0.15) is 0 Å². The van der Waals surface area contributed by atoms with Crippen LogP contribution in [0, 0.1) is 0 Å². The predicted octanol–water partition coefficient (Wildman–Crippen LogP) is 0.614. The van der Waals surface area contributed by atoms with Gasteiger partial charge in [-0.1, -0.05) is 13.8 Å². The third-order valence-electron chi connectivity index (χ3n) is 0.500. The Morgan fingerprint density at radius 2 is 2.00 bits per heavy atom. The van der Waals surface area contributed by atoms with Crippen LogP contribution in [0.4, 0.5) is 0 Å². The average molecular weight is 74.1 g/mol. The minimum atomic E-state index is -0.458. The summed E-state index contributed by atoms with van der Waals surface area (Å²) in [6, 6.07) is -0.458. The molecule has 0 aliphatic rings. The van der Waals surface area contributed by atoms with Gasteiger partial charge in [0, 0.05) is 7.39 Å². The molecule has 0 bridgehead atoms. The monoisotopic (exact) mass is 74.1 g/mol. The fraction of sp³-hybridized carbons (Fsp3) is 1.00. The highest BCUT2D eigenvalue weighted by Gasteiger charge is 1.76. The van der Waals surface area contributed by atoms with Gasteiger partial charge in [-0.3, -0.25) is 0 Å².